The lowest BCUT2D eigenvalue weighted by molar-refractivity contribution is 0.207. The fourth-order valence-corrected chi connectivity index (χ4v) is 6.59. The molecular weight excluding hydrogens is 490 g/mol. The molecule has 1 fully saturated rings. The molecular formula is C29H35NO4S2. The molecule has 7 heteroatoms. The number of piperidine rings is 1. The molecule has 4 rings (SSSR count). The molecule has 0 aliphatic carbocycles. The maximum absolute atomic E-state index is 12.2. The van der Waals surface area contributed by atoms with Gasteiger partial charge in [-0.2, -0.15) is 0 Å². The van der Waals surface area contributed by atoms with Crippen LogP contribution in [-0.4, -0.2) is 53.9 Å². The third-order valence-electron chi connectivity index (χ3n) is 7.33. The Balaban J connectivity index is 1.48. The summed E-state index contributed by atoms with van der Waals surface area (Å²) in [5.74, 6) is 0.471. The molecule has 1 heterocycles. The van der Waals surface area contributed by atoms with Gasteiger partial charge in [0.1, 0.15) is 0 Å². The van der Waals surface area contributed by atoms with Crippen LogP contribution in [0.1, 0.15) is 53.4 Å². The summed E-state index contributed by atoms with van der Waals surface area (Å²) in [7, 11) is -6.49. The number of nitrogens with zero attached hydrogens (tertiary/aromatic N) is 1. The van der Waals surface area contributed by atoms with Gasteiger partial charge in [0.2, 0.25) is 0 Å². The van der Waals surface area contributed by atoms with Crippen LogP contribution in [0.5, 0.6) is 0 Å². The Hall–Kier alpha value is -2.48. The molecule has 36 heavy (non-hydrogen) atoms. The summed E-state index contributed by atoms with van der Waals surface area (Å²) in [4.78, 5) is 3.22. The van der Waals surface area contributed by atoms with E-state index in [0.717, 1.165) is 50.0 Å². The second kappa shape index (κ2) is 10.9. The third-order valence-corrected chi connectivity index (χ3v) is 9.55. The smallest absolute Gasteiger partial charge is 0.175 e. The summed E-state index contributed by atoms with van der Waals surface area (Å²) in [6.07, 6.45) is 5.39. The standard InChI is InChI=1S/C29H35NO4S2/c1-22-8-4-5-13-28(22)29(25-10-7-12-27(21-25)36(3,33)34)16-19-30-17-14-23(15-18-30)24-9-6-11-26(20-24)35(2,31)32/h4-13,20-21,23,29H,14-19H2,1-3H3. The largest absolute Gasteiger partial charge is 0.303 e. The van der Waals surface area contributed by atoms with E-state index in [1.807, 2.05) is 48.5 Å². The molecule has 3 aromatic carbocycles. The lowest BCUT2D eigenvalue weighted by Gasteiger charge is -2.33. The first-order valence-corrected chi connectivity index (χ1v) is 16.2. The van der Waals surface area contributed by atoms with E-state index in [0.29, 0.717) is 15.7 Å². The van der Waals surface area contributed by atoms with E-state index < -0.39 is 19.7 Å². The van der Waals surface area contributed by atoms with Gasteiger partial charge in [0.05, 0.1) is 9.79 Å². The van der Waals surface area contributed by atoms with Crippen LogP contribution in [0, 0.1) is 6.92 Å². The Morgan fingerprint density at radius 2 is 1.42 bits per heavy atom. The highest BCUT2D eigenvalue weighted by atomic mass is 32.2. The second-order valence-electron chi connectivity index (χ2n) is 10.0. The first-order chi connectivity index (χ1) is 17.0. The Labute approximate surface area is 216 Å². The monoisotopic (exact) mass is 525 g/mol. The molecule has 0 bridgehead atoms. The average molecular weight is 526 g/mol. The number of rotatable bonds is 8. The zero-order chi connectivity index (χ0) is 25.9. The van der Waals surface area contributed by atoms with Crippen molar-refractivity contribution < 1.29 is 16.8 Å². The van der Waals surface area contributed by atoms with Crippen molar-refractivity contribution in [3.05, 3.63) is 95.1 Å². The molecule has 192 valence electrons. The van der Waals surface area contributed by atoms with Crippen LogP contribution in [0.4, 0.5) is 0 Å². The van der Waals surface area contributed by atoms with Crippen molar-refractivity contribution in [1.82, 2.24) is 4.90 Å². The normalized spacial score (nSPS) is 16.6. The van der Waals surface area contributed by atoms with Crippen LogP contribution in [0.15, 0.2) is 82.6 Å². The molecule has 0 amide bonds. The van der Waals surface area contributed by atoms with Crippen molar-refractivity contribution in [1.29, 1.82) is 0 Å². The highest BCUT2D eigenvalue weighted by Gasteiger charge is 2.24. The number of aryl methyl sites for hydroxylation is 1. The Morgan fingerprint density at radius 1 is 0.806 bits per heavy atom. The fourth-order valence-electron chi connectivity index (χ4n) is 5.24. The van der Waals surface area contributed by atoms with E-state index in [2.05, 4.69) is 24.0 Å². The molecule has 0 spiro atoms. The molecule has 1 aliphatic heterocycles. The topological polar surface area (TPSA) is 71.5 Å². The summed E-state index contributed by atoms with van der Waals surface area (Å²) in [6, 6.07) is 23.1. The van der Waals surface area contributed by atoms with E-state index in [-0.39, 0.29) is 5.92 Å². The van der Waals surface area contributed by atoms with Gasteiger partial charge in [0, 0.05) is 18.4 Å². The predicted octanol–water partition coefficient (Wildman–Crippen LogP) is 5.20. The van der Waals surface area contributed by atoms with Gasteiger partial charge in [-0.3, -0.25) is 0 Å². The molecule has 1 saturated heterocycles. The average Bonchev–Trinajstić information content (AvgIpc) is 2.85. The first kappa shape index (κ1) is 26.6. The fraction of sp³-hybridized carbons (Fsp3) is 0.379. The van der Waals surface area contributed by atoms with Crippen molar-refractivity contribution in [2.45, 2.75) is 47.8 Å². The molecule has 1 aliphatic rings. The molecule has 1 unspecified atom stereocenters. The molecule has 0 aromatic heterocycles. The molecule has 0 saturated carbocycles. The summed E-state index contributed by atoms with van der Waals surface area (Å²) in [5, 5.41) is 0. The van der Waals surface area contributed by atoms with Crippen LogP contribution in [0.3, 0.4) is 0 Å². The number of hydrogen-bond acceptors (Lipinski definition) is 5. The van der Waals surface area contributed by atoms with Gasteiger partial charge < -0.3 is 4.90 Å². The van der Waals surface area contributed by atoms with Gasteiger partial charge in [-0.15, -0.1) is 0 Å². The molecule has 3 aromatic rings. The molecule has 0 radical (unpaired) electrons. The Bertz CT molecular complexity index is 1420. The van der Waals surface area contributed by atoms with Crippen molar-refractivity contribution >= 4 is 19.7 Å². The SMILES string of the molecule is Cc1ccccc1C(CCN1CCC(c2cccc(S(C)(=O)=O)c2)CC1)c1cccc(S(C)(=O)=O)c1. The summed E-state index contributed by atoms with van der Waals surface area (Å²) < 4.78 is 48.3. The highest BCUT2D eigenvalue weighted by Crippen LogP contribution is 2.34. The minimum Gasteiger partial charge on any atom is -0.303 e. The van der Waals surface area contributed by atoms with Crippen molar-refractivity contribution in [2.75, 3.05) is 32.1 Å². The number of likely N-dealkylation sites (tertiary alicyclic amines) is 1. The number of benzene rings is 3. The maximum Gasteiger partial charge on any atom is 0.175 e. The number of sulfone groups is 2. The van der Waals surface area contributed by atoms with Crippen molar-refractivity contribution in [3.8, 4) is 0 Å². The molecule has 0 N–H and O–H groups in total. The predicted molar refractivity (Wildman–Crippen MR) is 145 cm³/mol. The van der Waals surface area contributed by atoms with Gasteiger partial charge in [0.25, 0.3) is 0 Å². The van der Waals surface area contributed by atoms with E-state index in [1.165, 1.54) is 23.6 Å². The second-order valence-corrected chi connectivity index (χ2v) is 14.0. The van der Waals surface area contributed by atoms with E-state index in [1.54, 1.807) is 12.1 Å². The Morgan fingerprint density at radius 3 is 2.06 bits per heavy atom. The van der Waals surface area contributed by atoms with Gasteiger partial charge in [0.15, 0.2) is 19.7 Å². The minimum atomic E-state index is -3.28. The van der Waals surface area contributed by atoms with E-state index in [4.69, 9.17) is 0 Å². The van der Waals surface area contributed by atoms with Crippen molar-refractivity contribution in [3.63, 3.8) is 0 Å². The highest BCUT2D eigenvalue weighted by molar-refractivity contribution is 7.91. The van der Waals surface area contributed by atoms with Gasteiger partial charge >= 0.3 is 0 Å². The van der Waals surface area contributed by atoms with Crippen LogP contribution >= 0.6 is 0 Å². The van der Waals surface area contributed by atoms with Crippen LogP contribution in [0.25, 0.3) is 0 Å². The van der Waals surface area contributed by atoms with Crippen LogP contribution < -0.4 is 0 Å². The van der Waals surface area contributed by atoms with Crippen LogP contribution in [0.2, 0.25) is 0 Å². The molecule has 1 atom stereocenters. The third kappa shape index (κ3) is 6.44. The zero-order valence-electron chi connectivity index (χ0n) is 21.2. The quantitative estimate of drug-likeness (QED) is 0.404. The lowest BCUT2D eigenvalue weighted by Crippen LogP contribution is -2.34. The van der Waals surface area contributed by atoms with Gasteiger partial charge in [-0.05, 0) is 98.3 Å². The number of hydrogen-bond donors (Lipinski definition) is 0. The summed E-state index contributed by atoms with van der Waals surface area (Å²) in [5.41, 5.74) is 4.57. The van der Waals surface area contributed by atoms with Crippen LogP contribution in [-0.2, 0) is 19.7 Å². The van der Waals surface area contributed by atoms with Crippen molar-refractivity contribution in [2.24, 2.45) is 0 Å². The van der Waals surface area contributed by atoms with E-state index >= 15 is 0 Å². The molecule has 5 nitrogen and oxygen atoms in total. The van der Waals surface area contributed by atoms with Gasteiger partial charge in [-0.25, -0.2) is 16.8 Å². The summed E-state index contributed by atoms with van der Waals surface area (Å²) in [6.45, 7) is 4.94. The Kier molecular flexibility index (Phi) is 8.03. The minimum absolute atomic E-state index is 0.108. The summed E-state index contributed by atoms with van der Waals surface area (Å²) >= 11 is 0. The zero-order valence-corrected chi connectivity index (χ0v) is 22.9. The first-order valence-electron chi connectivity index (χ1n) is 12.4. The van der Waals surface area contributed by atoms with Gasteiger partial charge in [-0.1, -0.05) is 48.5 Å². The lowest BCUT2D eigenvalue weighted by atomic mass is 9.85. The van der Waals surface area contributed by atoms with E-state index in [9.17, 15) is 16.8 Å². The maximum atomic E-state index is 12.2.